The predicted octanol–water partition coefficient (Wildman–Crippen LogP) is 6.30. The number of anilines is 1. The van der Waals surface area contributed by atoms with Crippen LogP contribution < -0.4 is 10.1 Å². The van der Waals surface area contributed by atoms with E-state index < -0.39 is 11.7 Å². The highest BCUT2D eigenvalue weighted by Crippen LogP contribution is 2.27. The molecule has 0 unspecified atom stereocenters. The lowest BCUT2D eigenvalue weighted by molar-refractivity contribution is -0.117. The van der Waals surface area contributed by atoms with E-state index >= 15 is 0 Å². The van der Waals surface area contributed by atoms with Crippen LogP contribution in [0.4, 0.5) is 10.3 Å². The Morgan fingerprint density at radius 2 is 1.59 bits per heavy atom. The Labute approximate surface area is 228 Å². The van der Waals surface area contributed by atoms with Gasteiger partial charge in [-0.15, -0.1) is 0 Å². The number of hydrogen-bond acceptors (Lipinski definition) is 4. The second-order valence-corrected chi connectivity index (χ2v) is 9.88. The lowest BCUT2D eigenvalue weighted by atomic mass is 10.0. The van der Waals surface area contributed by atoms with Gasteiger partial charge in [0.2, 0.25) is 11.9 Å². The van der Waals surface area contributed by atoms with Gasteiger partial charge in [-0.1, -0.05) is 26.0 Å². The van der Waals surface area contributed by atoms with E-state index in [2.05, 4.69) is 31.3 Å². The quantitative estimate of drug-likeness (QED) is 0.277. The van der Waals surface area contributed by atoms with Gasteiger partial charge in [-0.05, 0) is 86.0 Å². The van der Waals surface area contributed by atoms with Gasteiger partial charge < -0.3 is 9.64 Å². The van der Waals surface area contributed by atoms with Gasteiger partial charge >= 0.3 is 0 Å². The Balaban J connectivity index is 1.63. The number of carbonyl (C=O) groups excluding carboxylic acids is 2. The Kier molecular flexibility index (Phi) is 8.44. The second-order valence-electron chi connectivity index (χ2n) is 9.88. The summed E-state index contributed by atoms with van der Waals surface area (Å²) in [6, 6.07) is 20.6. The van der Waals surface area contributed by atoms with E-state index in [1.165, 1.54) is 34.7 Å². The number of ether oxygens (including phenoxy) is 1. The summed E-state index contributed by atoms with van der Waals surface area (Å²) in [7, 11) is 1.61. The summed E-state index contributed by atoms with van der Waals surface area (Å²) in [6.07, 6.45) is 1.87. The maximum atomic E-state index is 13.4. The number of benzene rings is 3. The van der Waals surface area contributed by atoms with E-state index in [-0.39, 0.29) is 18.5 Å². The number of nitrogens with one attached hydrogen (secondary N) is 1. The summed E-state index contributed by atoms with van der Waals surface area (Å²) >= 11 is 0. The molecule has 0 atom stereocenters. The van der Waals surface area contributed by atoms with Crippen LogP contribution in [0.15, 0.2) is 79.0 Å². The van der Waals surface area contributed by atoms with E-state index in [9.17, 15) is 14.0 Å². The molecular weight excluding hydrogens is 495 g/mol. The Hall–Kier alpha value is -4.46. The number of halogens is 1. The van der Waals surface area contributed by atoms with Gasteiger partial charge in [-0.3, -0.25) is 19.5 Å². The highest BCUT2D eigenvalue weighted by molar-refractivity contribution is 5.99. The van der Waals surface area contributed by atoms with Crippen LogP contribution >= 0.6 is 0 Å². The van der Waals surface area contributed by atoms with Crippen LogP contribution in [0, 0.1) is 5.82 Å². The normalized spacial score (nSPS) is 11.1. The van der Waals surface area contributed by atoms with Crippen LogP contribution in [0.25, 0.3) is 16.9 Å². The summed E-state index contributed by atoms with van der Waals surface area (Å²) in [4.78, 5) is 32.5. The van der Waals surface area contributed by atoms with Gasteiger partial charge in [0.25, 0.3) is 5.91 Å². The maximum Gasteiger partial charge on any atom is 0.254 e. The lowest BCUT2D eigenvalue weighted by Crippen LogP contribution is -2.42. The molecule has 0 saturated carbocycles. The summed E-state index contributed by atoms with van der Waals surface area (Å²) in [5.41, 5.74) is 3.88. The number of aromatic nitrogens is 2. The fourth-order valence-corrected chi connectivity index (χ4v) is 4.15. The average Bonchev–Trinajstić information content (AvgIpc) is 3.35. The first-order valence-corrected chi connectivity index (χ1v) is 12.9. The molecule has 0 fully saturated rings. The van der Waals surface area contributed by atoms with Crippen LogP contribution in [-0.4, -0.2) is 46.0 Å². The van der Waals surface area contributed by atoms with E-state index in [1.807, 2.05) is 61.0 Å². The molecular formula is C31H33FN4O3. The number of hydrogen-bond donors (Lipinski definition) is 1. The summed E-state index contributed by atoms with van der Waals surface area (Å²) < 4.78 is 20.4. The van der Waals surface area contributed by atoms with Crippen LogP contribution in [0.1, 0.15) is 49.5 Å². The standard InChI is InChI=1S/C31H33FN4O3/c1-20(2)22-8-14-26(15-9-22)36-18-28(23-10-16-27(39-5)17-11-23)33-31(36)34-29(37)19-35(21(3)4)30(38)24-6-12-25(32)13-7-24/h6-18,20-21H,19H2,1-5H3,(H,33,34,37). The molecule has 202 valence electrons. The first-order chi connectivity index (χ1) is 18.7. The summed E-state index contributed by atoms with van der Waals surface area (Å²) in [5, 5.41) is 2.89. The fraction of sp³-hybridized carbons (Fsp3) is 0.258. The molecule has 1 N–H and O–H groups in total. The Morgan fingerprint density at radius 1 is 0.949 bits per heavy atom. The summed E-state index contributed by atoms with van der Waals surface area (Å²) in [6.45, 7) is 7.73. The molecule has 0 saturated heterocycles. The van der Waals surface area contributed by atoms with Crippen molar-refractivity contribution in [2.75, 3.05) is 19.0 Å². The van der Waals surface area contributed by atoms with Crippen molar-refractivity contribution in [1.29, 1.82) is 0 Å². The lowest BCUT2D eigenvalue weighted by Gasteiger charge is -2.26. The zero-order valence-corrected chi connectivity index (χ0v) is 22.8. The molecule has 39 heavy (non-hydrogen) atoms. The number of methoxy groups -OCH3 is 1. The molecule has 1 heterocycles. The van der Waals surface area contributed by atoms with Crippen molar-refractivity contribution < 1.29 is 18.7 Å². The molecule has 8 heteroatoms. The highest BCUT2D eigenvalue weighted by Gasteiger charge is 2.23. The number of rotatable bonds is 9. The molecule has 2 amide bonds. The fourth-order valence-electron chi connectivity index (χ4n) is 4.15. The zero-order valence-electron chi connectivity index (χ0n) is 22.8. The van der Waals surface area contributed by atoms with Crippen molar-refractivity contribution >= 4 is 17.8 Å². The van der Waals surface area contributed by atoms with Gasteiger partial charge in [0.15, 0.2) is 0 Å². The van der Waals surface area contributed by atoms with E-state index in [4.69, 9.17) is 9.72 Å². The van der Waals surface area contributed by atoms with Gasteiger partial charge in [0.05, 0.1) is 12.8 Å². The third-order valence-electron chi connectivity index (χ3n) is 6.47. The van der Waals surface area contributed by atoms with Crippen molar-refractivity contribution in [1.82, 2.24) is 14.5 Å². The molecule has 0 aliphatic carbocycles. The first-order valence-electron chi connectivity index (χ1n) is 12.9. The van der Waals surface area contributed by atoms with Crippen molar-refractivity contribution in [3.05, 3.63) is 95.9 Å². The first kappa shape index (κ1) is 27.6. The van der Waals surface area contributed by atoms with Crippen LogP contribution in [-0.2, 0) is 4.79 Å². The Bertz CT molecular complexity index is 1430. The number of carbonyl (C=O) groups is 2. The average molecular weight is 529 g/mol. The third kappa shape index (κ3) is 6.52. The molecule has 4 aromatic rings. The molecule has 0 radical (unpaired) electrons. The van der Waals surface area contributed by atoms with Gasteiger partial charge in [-0.2, -0.15) is 0 Å². The SMILES string of the molecule is COc1ccc(-c2cn(-c3ccc(C(C)C)cc3)c(NC(=O)CN(C(=O)c3ccc(F)cc3)C(C)C)n2)cc1. The molecule has 7 nitrogen and oxygen atoms in total. The molecule has 0 bridgehead atoms. The molecule has 3 aromatic carbocycles. The van der Waals surface area contributed by atoms with Gasteiger partial charge in [0.1, 0.15) is 18.1 Å². The predicted molar refractivity (Wildman–Crippen MR) is 151 cm³/mol. The summed E-state index contributed by atoms with van der Waals surface area (Å²) in [5.74, 6) is 0.271. The van der Waals surface area contributed by atoms with Crippen molar-refractivity contribution in [2.45, 2.75) is 39.7 Å². The maximum absolute atomic E-state index is 13.4. The van der Waals surface area contributed by atoms with Gasteiger partial charge in [-0.25, -0.2) is 9.37 Å². The van der Waals surface area contributed by atoms with Crippen molar-refractivity contribution in [2.24, 2.45) is 0 Å². The molecule has 0 spiro atoms. The zero-order chi connectivity index (χ0) is 28.1. The monoisotopic (exact) mass is 528 g/mol. The highest BCUT2D eigenvalue weighted by atomic mass is 19.1. The van der Waals surface area contributed by atoms with E-state index in [0.29, 0.717) is 23.1 Å². The number of nitrogens with zero attached hydrogens (tertiary/aromatic N) is 3. The number of amides is 2. The van der Waals surface area contributed by atoms with E-state index in [0.717, 1.165) is 17.0 Å². The minimum absolute atomic E-state index is 0.190. The largest absolute Gasteiger partial charge is 0.497 e. The molecule has 1 aromatic heterocycles. The van der Waals surface area contributed by atoms with Crippen molar-refractivity contribution in [3.63, 3.8) is 0 Å². The van der Waals surface area contributed by atoms with Crippen LogP contribution in [0.5, 0.6) is 5.75 Å². The molecule has 4 rings (SSSR count). The molecule has 0 aliphatic rings. The topological polar surface area (TPSA) is 76.5 Å². The van der Waals surface area contributed by atoms with E-state index in [1.54, 1.807) is 7.11 Å². The van der Waals surface area contributed by atoms with Gasteiger partial charge in [0, 0.05) is 29.1 Å². The number of imidazole rings is 1. The smallest absolute Gasteiger partial charge is 0.254 e. The minimum atomic E-state index is -0.429. The minimum Gasteiger partial charge on any atom is -0.497 e. The van der Waals surface area contributed by atoms with Crippen LogP contribution in [0.3, 0.4) is 0 Å². The second kappa shape index (κ2) is 11.9. The van der Waals surface area contributed by atoms with Crippen LogP contribution in [0.2, 0.25) is 0 Å². The Morgan fingerprint density at radius 3 is 2.15 bits per heavy atom. The third-order valence-corrected chi connectivity index (χ3v) is 6.47. The van der Waals surface area contributed by atoms with Crippen molar-refractivity contribution in [3.8, 4) is 22.7 Å². The molecule has 0 aliphatic heterocycles.